The maximum atomic E-state index is 12.1. The van der Waals surface area contributed by atoms with Crippen LogP contribution in [-0.2, 0) is 14.9 Å². The molecule has 1 saturated carbocycles. The van der Waals surface area contributed by atoms with Crippen LogP contribution in [0.3, 0.4) is 0 Å². The van der Waals surface area contributed by atoms with E-state index in [-0.39, 0.29) is 29.7 Å². The van der Waals surface area contributed by atoms with Gasteiger partial charge in [0.1, 0.15) is 0 Å². The number of methoxy groups -OCH3 is 1. The number of ketones is 1. The van der Waals surface area contributed by atoms with Gasteiger partial charge in [0.15, 0.2) is 5.78 Å². The van der Waals surface area contributed by atoms with Gasteiger partial charge in [0.2, 0.25) is 0 Å². The van der Waals surface area contributed by atoms with Gasteiger partial charge < -0.3 is 9.84 Å². The number of carbonyl (C=O) groups is 2. The van der Waals surface area contributed by atoms with Gasteiger partial charge in [-0.3, -0.25) is 9.59 Å². The fourth-order valence-corrected chi connectivity index (χ4v) is 3.97. The lowest BCUT2D eigenvalue weighted by Gasteiger charge is -2.40. The van der Waals surface area contributed by atoms with Crippen molar-refractivity contribution in [2.24, 2.45) is 11.8 Å². The minimum atomic E-state index is -0.142. The lowest BCUT2D eigenvalue weighted by molar-refractivity contribution is -0.142. The molecule has 1 N–H and O–H groups in total. The molecule has 1 aliphatic carbocycles. The summed E-state index contributed by atoms with van der Waals surface area (Å²) in [6.45, 7) is 3.96. The van der Waals surface area contributed by atoms with E-state index in [1.165, 1.54) is 12.7 Å². The normalized spacial score (nSPS) is 23.5. The molecule has 2 rings (SSSR count). The third kappa shape index (κ3) is 4.69. The topological polar surface area (TPSA) is 63.6 Å². The summed E-state index contributed by atoms with van der Waals surface area (Å²) in [4.78, 5) is 23.6. The Morgan fingerprint density at radius 2 is 1.80 bits per heavy atom. The fraction of sp³-hybridized carbons (Fsp3) is 0.619. The lowest BCUT2D eigenvalue weighted by atomic mass is 9.64. The van der Waals surface area contributed by atoms with E-state index in [0.29, 0.717) is 12.3 Å². The van der Waals surface area contributed by atoms with E-state index >= 15 is 0 Å². The van der Waals surface area contributed by atoms with Crippen molar-refractivity contribution in [3.8, 4) is 0 Å². The largest absolute Gasteiger partial charge is 0.469 e. The summed E-state index contributed by atoms with van der Waals surface area (Å²) in [6.07, 6.45) is 5.02. The van der Waals surface area contributed by atoms with Gasteiger partial charge in [0.25, 0.3) is 0 Å². The minimum Gasteiger partial charge on any atom is -0.469 e. The first kappa shape index (κ1) is 19.6. The number of esters is 1. The highest BCUT2D eigenvalue weighted by Gasteiger charge is 2.37. The number of rotatable bonds is 7. The van der Waals surface area contributed by atoms with Crippen LogP contribution in [0.1, 0.15) is 68.3 Å². The second kappa shape index (κ2) is 8.61. The van der Waals surface area contributed by atoms with Crippen LogP contribution in [0.5, 0.6) is 0 Å². The molecule has 0 aliphatic heterocycles. The Morgan fingerprint density at radius 1 is 1.20 bits per heavy atom. The van der Waals surface area contributed by atoms with Gasteiger partial charge in [0.05, 0.1) is 7.11 Å². The van der Waals surface area contributed by atoms with Crippen LogP contribution in [0.15, 0.2) is 24.3 Å². The van der Waals surface area contributed by atoms with Crippen molar-refractivity contribution in [1.82, 2.24) is 0 Å². The molecule has 0 unspecified atom stereocenters. The molecule has 1 aromatic rings. The molecular weight excluding hydrogens is 316 g/mol. The molecule has 0 saturated heterocycles. The first-order valence-electron chi connectivity index (χ1n) is 9.24. The molecule has 138 valence electrons. The van der Waals surface area contributed by atoms with Crippen molar-refractivity contribution in [3.63, 3.8) is 0 Å². The van der Waals surface area contributed by atoms with E-state index in [2.05, 4.69) is 0 Å². The number of aliphatic hydroxyl groups excluding tert-OH is 1. The van der Waals surface area contributed by atoms with Gasteiger partial charge >= 0.3 is 5.97 Å². The molecule has 0 bridgehead atoms. The van der Waals surface area contributed by atoms with Crippen LogP contribution in [0.25, 0.3) is 0 Å². The maximum Gasteiger partial charge on any atom is 0.305 e. The Morgan fingerprint density at radius 3 is 2.28 bits per heavy atom. The van der Waals surface area contributed by atoms with Crippen LogP contribution >= 0.6 is 0 Å². The van der Waals surface area contributed by atoms with Gasteiger partial charge in [-0.25, -0.2) is 0 Å². The predicted octanol–water partition coefficient (Wildman–Crippen LogP) is 3.90. The molecule has 0 amide bonds. The van der Waals surface area contributed by atoms with E-state index < -0.39 is 0 Å². The quantitative estimate of drug-likeness (QED) is 0.601. The summed E-state index contributed by atoms with van der Waals surface area (Å²) in [7, 11) is 1.43. The molecule has 1 aromatic carbocycles. The summed E-state index contributed by atoms with van der Waals surface area (Å²) >= 11 is 0. The van der Waals surface area contributed by atoms with E-state index in [9.17, 15) is 14.7 Å². The average Bonchev–Trinajstić information content (AvgIpc) is 2.63. The zero-order valence-corrected chi connectivity index (χ0v) is 15.6. The summed E-state index contributed by atoms with van der Waals surface area (Å²) in [6, 6.07) is 7.92. The third-order valence-electron chi connectivity index (χ3n) is 5.64. The molecule has 4 nitrogen and oxygen atoms in total. The highest BCUT2D eigenvalue weighted by molar-refractivity contribution is 5.97. The number of Topliss-reactive ketones (excluding diaryl/α,β-unsaturated/α-hetero) is 1. The molecule has 1 aliphatic rings. The molecule has 0 heterocycles. The van der Waals surface area contributed by atoms with Gasteiger partial charge in [-0.15, -0.1) is 0 Å². The fourth-order valence-electron chi connectivity index (χ4n) is 3.97. The first-order valence-corrected chi connectivity index (χ1v) is 9.24. The van der Waals surface area contributed by atoms with Crippen molar-refractivity contribution in [3.05, 3.63) is 35.4 Å². The minimum absolute atomic E-state index is 0.00832. The molecule has 25 heavy (non-hydrogen) atoms. The number of ether oxygens (including phenoxy) is 1. The second-order valence-corrected chi connectivity index (χ2v) is 7.57. The van der Waals surface area contributed by atoms with Crippen molar-refractivity contribution in [1.29, 1.82) is 0 Å². The smallest absolute Gasteiger partial charge is 0.305 e. The highest BCUT2D eigenvalue weighted by Crippen LogP contribution is 2.45. The number of hydrogen-bond donors (Lipinski definition) is 1. The number of benzene rings is 1. The van der Waals surface area contributed by atoms with E-state index in [1.54, 1.807) is 0 Å². The Hall–Kier alpha value is -1.68. The Bertz CT molecular complexity index is 580. The zero-order chi connectivity index (χ0) is 18.4. The van der Waals surface area contributed by atoms with Gasteiger partial charge in [0, 0.05) is 24.5 Å². The predicted molar refractivity (Wildman–Crippen MR) is 97.6 cm³/mol. The summed E-state index contributed by atoms with van der Waals surface area (Å²) in [5.74, 6) is 0.368. The molecule has 0 atom stereocenters. The summed E-state index contributed by atoms with van der Waals surface area (Å²) in [5.41, 5.74) is 1.89. The Balaban J connectivity index is 2.13. The van der Waals surface area contributed by atoms with E-state index in [4.69, 9.17) is 4.74 Å². The Kier molecular flexibility index (Phi) is 6.77. The number of hydrogen-bond acceptors (Lipinski definition) is 4. The van der Waals surface area contributed by atoms with Crippen molar-refractivity contribution in [2.75, 3.05) is 13.7 Å². The van der Waals surface area contributed by atoms with Crippen LogP contribution in [0.4, 0.5) is 0 Å². The Labute approximate surface area is 150 Å². The van der Waals surface area contributed by atoms with Crippen molar-refractivity contribution in [2.45, 2.75) is 57.8 Å². The van der Waals surface area contributed by atoms with Crippen molar-refractivity contribution < 1.29 is 19.4 Å². The molecule has 0 radical (unpaired) electrons. The molecular formula is C21H30O4. The molecule has 0 aromatic heterocycles. The van der Waals surface area contributed by atoms with E-state index in [1.807, 2.05) is 38.1 Å². The highest BCUT2D eigenvalue weighted by atomic mass is 16.5. The molecule has 0 spiro atoms. The maximum absolute atomic E-state index is 12.1. The van der Waals surface area contributed by atoms with Crippen LogP contribution in [-0.4, -0.2) is 30.6 Å². The standard InChI is InChI=1S/C21H30O4/c1-15(2)20(24)17-4-6-18(7-5-17)21(12-13-22)10-8-16(9-11-21)14-19(23)25-3/h4-7,15-16,22H,8-14H2,1-3H3. The monoisotopic (exact) mass is 346 g/mol. The van der Waals surface area contributed by atoms with Crippen LogP contribution in [0, 0.1) is 11.8 Å². The van der Waals surface area contributed by atoms with Crippen LogP contribution in [0.2, 0.25) is 0 Å². The number of carbonyl (C=O) groups excluding carboxylic acids is 2. The van der Waals surface area contributed by atoms with Gasteiger partial charge in [-0.1, -0.05) is 38.1 Å². The van der Waals surface area contributed by atoms with E-state index in [0.717, 1.165) is 37.7 Å². The zero-order valence-electron chi connectivity index (χ0n) is 15.6. The second-order valence-electron chi connectivity index (χ2n) is 7.57. The SMILES string of the molecule is COC(=O)CC1CCC(CCO)(c2ccc(C(=O)C(C)C)cc2)CC1. The lowest BCUT2D eigenvalue weighted by Crippen LogP contribution is -2.33. The van der Waals surface area contributed by atoms with Crippen LogP contribution < -0.4 is 0 Å². The third-order valence-corrected chi connectivity index (χ3v) is 5.64. The van der Waals surface area contributed by atoms with Gasteiger partial charge in [-0.2, -0.15) is 0 Å². The molecule has 4 heteroatoms. The average molecular weight is 346 g/mol. The molecule has 1 fully saturated rings. The summed E-state index contributed by atoms with van der Waals surface area (Å²) < 4.78 is 4.78. The number of aliphatic hydroxyl groups is 1. The summed E-state index contributed by atoms with van der Waals surface area (Å²) in [5, 5.41) is 9.58. The van der Waals surface area contributed by atoms with Gasteiger partial charge in [-0.05, 0) is 49.0 Å². The van der Waals surface area contributed by atoms with Crippen molar-refractivity contribution >= 4 is 11.8 Å². The first-order chi connectivity index (χ1) is 11.9.